The Kier molecular flexibility index (Phi) is 4.65. The van der Waals surface area contributed by atoms with E-state index in [1.54, 1.807) is 28.8 Å². The third-order valence-corrected chi connectivity index (χ3v) is 4.75. The quantitative estimate of drug-likeness (QED) is 0.563. The van der Waals surface area contributed by atoms with Crippen molar-refractivity contribution in [2.75, 3.05) is 0 Å². The first-order valence-electron chi connectivity index (χ1n) is 8.66. The van der Waals surface area contributed by atoms with Crippen LogP contribution in [-0.2, 0) is 13.0 Å². The average molecular weight is 377 g/mol. The zero-order chi connectivity index (χ0) is 18.8. The molecule has 4 nitrogen and oxygen atoms in total. The zero-order valence-electron chi connectivity index (χ0n) is 14.5. The van der Waals surface area contributed by atoms with Crippen LogP contribution in [0.1, 0.15) is 5.56 Å². The van der Waals surface area contributed by atoms with E-state index in [9.17, 15) is 9.90 Å². The highest BCUT2D eigenvalue weighted by Gasteiger charge is 2.15. The van der Waals surface area contributed by atoms with Gasteiger partial charge in [-0.1, -0.05) is 48.0 Å². The molecule has 27 heavy (non-hydrogen) atoms. The van der Waals surface area contributed by atoms with Crippen LogP contribution in [-0.4, -0.2) is 14.7 Å². The summed E-state index contributed by atoms with van der Waals surface area (Å²) in [6.07, 6.45) is 0.626. The normalized spacial score (nSPS) is 11.0. The summed E-state index contributed by atoms with van der Waals surface area (Å²) in [6.45, 7) is 0.431. The number of hydrogen-bond donors (Lipinski definition) is 1. The number of phenolic OH excluding ortho intramolecular Hbond substituents is 1. The maximum Gasteiger partial charge on any atom is 0.261 e. The monoisotopic (exact) mass is 376 g/mol. The van der Waals surface area contributed by atoms with E-state index >= 15 is 0 Å². The predicted octanol–water partition coefficient (Wildman–Crippen LogP) is 4.67. The lowest BCUT2D eigenvalue weighted by Gasteiger charge is -2.14. The number of halogens is 1. The Labute approximate surface area is 161 Å². The SMILES string of the molecule is O=c1c2ccccc2nc(-c2ccccc2O)n1CCc1cccc(Cl)c1. The highest BCUT2D eigenvalue weighted by molar-refractivity contribution is 6.30. The van der Waals surface area contributed by atoms with Gasteiger partial charge in [0.25, 0.3) is 5.56 Å². The molecular formula is C22H17ClN2O2. The number of nitrogens with zero attached hydrogens (tertiary/aromatic N) is 2. The molecule has 0 saturated heterocycles. The minimum absolute atomic E-state index is 0.0937. The van der Waals surface area contributed by atoms with Gasteiger partial charge in [0.1, 0.15) is 11.6 Å². The van der Waals surface area contributed by atoms with E-state index in [2.05, 4.69) is 4.98 Å². The lowest BCUT2D eigenvalue weighted by Crippen LogP contribution is -2.24. The number of benzene rings is 3. The number of para-hydroxylation sites is 2. The van der Waals surface area contributed by atoms with Crippen molar-refractivity contribution in [1.29, 1.82) is 0 Å². The molecule has 0 atom stereocenters. The summed E-state index contributed by atoms with van der Waals surface area (Å²) in [7, 11) is 0. The Hall–Kier alpha value is -3.11. The van der Waals surface area contributed by atoms with Crippen LogP contribution in [0.4, 0.5) is 0 Å². The van der Waals surface area contributed by atoms with Crippen molar-refractivity contribution in [3.8, 4) is 17.1 Å². The molecule has 134 valence electrons. The number of rotatable bonds is 4. The molecule has 0 radical (unpaired) electrons. The summed E-state index contributed by atoms with van der Waals surface area (Å²) in [6, 6.07) is 21.8. The molecule has 0 aliphatic rings. The largest absolute Gasteiger partial charge is 0.507 e. The van der Waals surface area contributed by atoms with E-state index in [4.69, 9.17) is 11.6 Å². The van der Waals surface area contributed by atoms with Crippen molar-refractivity contribution in [2.24, 2.45) is 0 Å². The van der Waals surface area contributed by atoms with Crippen LogP contribution in [0.25, 0.3) is 22.3 Å². The summed E-state index contributed by atoms with van der Waals surface area (Å²) in [4.78, 5) is 17.8. The van der Waals surface area contributed by atoms with Crippen molar-refractivity contribution < 1.29 is 5.11 Å². The predicted molar refractivity (Wildman–Crippen MR) is 108 cm³/mol. The number of aromatic nitrogens is 2. The van der Waals surface area contributed by atoms with Gasteiger partial charge in [-0.3, -0.25) is 9.36 Å². The van der Waals surface area contributed by atoms with Crippen LogP contribution >= 0.6 is 11.6 Å². The van der Waals surface area contributed by atoms with Crippen LogP contribution in [0, 0.1) is 0 Å². The Balaban J connectivity index is 1.86. The first-order chi connectivity index (χ1) is 13.1. The summed E-state index contributed by atoms with van der Waals surface area (Å²) in [5.74, 6) is 0.551. The summed E-state index contributed by atoms with van der Waals surface area (Å²) < 4.78 is 1.62. The molecule has 0 unspecified atom stereocenters. The van der Waals surface area contributed by atoms with Crippen molar-refractivity contribution >= 4 is 22.5 Å². The van der Waals surface area contributed by atoms with Gasteiger partial charge in [-0.25, -0.2) is 4.98 Å². The van der Waals surface area contributed by atoms with E-state index in [-0.39, 0.29) is 11.3 Å². The van der Waals surface area contributed by atoms with Gasteiger partial charge in [0.2, 0.25) is 0 Å². The van der Waals surface area contributed by atoms with Gasteiger partial charge in [0.15, 0.2) is 0 Å². The summed E-state index contributed by atoms with van der Waals surface area (Å²) in [5.41, 5.74) is 2.05. The van der Waals surface area contributed by atoms with Gasteiger partial charge in [-0.15, -0.1) is 0 Å². The molecule has 0 aliphatic carbocycles. The maximum atomic E-state index is 13.1. The van der Waals surface area contributed by atoms with Gasteiger partial charge in [-0.2, -0.15) is 0 Å². The van der Waals surface area contributed by atoms with E-state index < -0.39 is 0 Å². The molecule has 0 amide bonds. The third-order valence-electron chi connectivity index (χ3n) is 4.52. The highest BCUT2D eigenvalue weighted by Crippen LogP contribution is 2.27. The topological polar surface area (TPSA) is 55.1 Å². The van der Waals surface area contributed by atoms with Crippen LogP contribution in [0.2, 0.25) is 5.02 Å². The van der Waals surface area contributed by atoms with Gasteiger partial charge in [0, 0.05) is 11.6 Å². The minimum Gasteiger partial charge on any atom is -0.507 e. The average Bonchev–Trinajstić information content (AvgIpc) is 2.68. The van der Waals surface area contributed by atoms with Crippen molar-refractivity contribution in [3.05, 3.63) is 93.7 Å². The molecule has 3 aromatic carbocycles. The van der Waals surface area contributed by atoms with Gasteiger partial charge < -0.3 is 5.11 Å². The van der Waals surface area contributed by atoms with Gasteiger partial charge in [-0.05, 0) is 48.4 Å². The van der Waals surface area contributed by atoms with E-state index in [0.29, 0.717) is 40.3 Å². The highest BCUT2D eigenvalue weighted by atomic mass is 35.5. The fourth-order valence-electron chi connectivity index (χ4n) is 3.18. The number of phenols is 1. The zero-order valence-corrected chi connectivity index (χ0v) is 15.2. The molecule has 1 aromatic heterocycles. The number of aromatic hydroxyl groups is 1. The number of hydrogen-bond acceptors (Lipinski definition) is 3. The smallest absolute Gasteiger partial charge is 0.261 e. The molecule has 0 fully saturated rings. The second kappa shape index (κ2) is 7.25. The van der Waals surface area contributed by atoms with E-state index in [1.165, 1.54) is 0 Å². The molecule has 0 bridgehead atoms. The third kappa shape index (κ3) is 3.44. The molecule has 1 heterocycles. The molecule has 4 aromatic rings. The van der Waals surface area contributed by atoms with Gasteiger partial charge in [0.05, 0.1) is 16.5 Å². The number of aryl methyl sites for hydroxylation is 1. The van der Waals surface area contributed by atoms with Crippen LogP contribution in [0.15, 0.2) is 77.6 Å². The minimum atomic E-state index is -0.124. The Bertz CT molecular complexity index is 1180. The second-order valence-electron chi connectivity index (χ2n) is 6.31. The molecule has 0 spiro atoms. The van der Waals surface area contributed by atoms with E-state index in [0.717, 1.165) is 5.56 Å². The van der Waals surface area contributed by atoms with Gasteiger partial charge >= 0.3 is 0 Å². The van der Waals surface area contributed by atoms with Crippen molar-refractivity contribution in [1.82, 2.24) is 9.55 Å². The lowest BCUT2D eigenvalue weighted by atomic mass is 10.1. The summed E-state index contributed by atoms with van der Waals surface area (Å²) >= 11 is 6.07. The fraction of sp³-hybridized carbons (Fsp3) is 0.0909. The number of fused-ring (bicyclic) bond motifs is 1. The molecule has 4 rings (SSSR count). The molecule has 0 aliphatic heterocycles. The fourth-order valence-corrected chi connectivity index (χ4v) is 3.39. The second-order valence-corrected chi connectivity index (χ2v) is 6.74. The van der Waals surface area contributed by atoms with Crippen molar-refractivity contribution in [3.63, 3.8) is 0 Å². The molecular weight excluding hydrogens is 360 g/mol. The summed E-state index contributed by atoms with van der Waals surface area (Å²) in [5, 5.41) is 11.5. The molecule has 1 N–H and O–H groups in total. The van der Waals surface area contributed by atoms with Crippen molar-refractivity contribution in [2.45, 2.75) is 13.0 Å². The lowest BCUT2D eigenvalue weighted by molar-refractivity contribution is 0.476. The van der Waals surface area contributed by atoms with E-state index in [1.807, 2.05) is 48.5 Å². The molecule has 5 heteroatoms. The maximum absolute atomic E-state index is 13.1. The standard InChI is InChI=1S/C22H17ClN2O2/c23-16-7-5-6-15(14-16)12-13-25-21(18-9-2-4-11-20(18)26)24-19-10-3-1-8-17(19)22(25)27/h1-11,14,26H,12-13H2. The Morgan fingerprint density at radius 1 is 0.963 bits per heavy atom. The van der Waals surface area contributed by atoms with Crippen LogP contribution in [0.3, 0.4) is 0 Å². The Morgan fingerprint density at radius 2 is 1.74 bits per heavy atom. The first-order valence-corrected chi connectivity index (χ1v) is 9.03. The first kappa shape index (κ1) is 17.3. The van der Waals surface area contributed by atoms with Crippen LogP contribution in [0.5, 0.6) is 5.75 Å². The van der Waals surface area contributed by atoms with Crippen LogP contribution < -0.4 is 5.56 Å². The Morgan fingerprint density at radius 3 is 2.56 bits per heavy atom. The molecule has 0 saturated carbocycles.